The zero-order valence-electron chi connectivity index (χ0n) is 12.1. The van der Waals surface area contributed by atoms with Gasteiger partial charge in [-0.25, -0.2) is 4.98 Å². The molecular formula is C15H26N2S. The first-order chi connectivity index (χ1) is 8.50. The highest BCUT2D eigenvalue weighted by molar-refractivity contribution is 7.09. The molecule has 1 fully saturated rings. The Hall–Kier alpha value is -0.410. The molecule has 0 aromatic carbocycles. The fourth-order valence-corrected chi connectivity index (χ4v) is 3.25. The molecule has 1 heterocycles. The third-order valence-electron chi connectivity index (χ3n) is 3.56. The molecule has 0 bridgehead atoms. The van der Waals surface area contributed by atoms with Crippen LogP contribution in [-0.2, 0) is 11.8 Å². The predicted molar refractivity (Wildman–Crippen MR) is 79.3 cm³/mol. The second-order valence-corrected chi connectivity index (χ2v) is 7.42. The second-order valence-electron chi connectivity index (χ2n) is 6.48. The summed E-state index contributed by atoms with van der Waals surface area (Å²) in [5, 5.41) is 7.24. The van der Waals surface area contributed by atoms with Crippen LogP contribution in [0.4, 0.5) is 0 Å². The first-order valence-corrected chi connectivity index (χ1v) is 8.07. The highest BCUT2D eigenvalue weighted by Crippen LogP contribution is 2.35. The normalized spacial score (nSPS) is 18.0. The van der Waals surface area contributed by atoms with E-state index in [9.17, 15) is 0 Å². The van der Waals surface area contributed by atoms with Crippen LogP contribution in [0.5, 0.6) is 0 Å². The Bertz CT molecular complexity index is 374. The van der Waals surface area contributed by atoms with Gasteiger partial charge in [-0.15, -0.1) is 11.3 Å². The molecule has 1 saturated carbocycles. The predicted octanol–water partition coefficient (Wildman–Crippen LogP) is 3.76. The molecular weight excluding hydrogens is 240 g/mol. The molecule has 102 valence electrons. The number of hydrogen-bond acceptors (Lipinski definition) is 3. The molecule has 0 aliphatic heterocycles. The smallest absolute Gasteiger partial charge is 0.0944 e. The van der Waals surface area contributed by atoms with Gasteiger partial charge in [0.2, 0.25) is 0 Å². The van der Waals surface area contributed by atoms with Crippen molar-refractivity contribution in [3.8, 4) is 0 Å². The van der Waals surface area contributed by atoms with Gasteiger partial charge in [0.25, 0.3) is 0 Å². The summed E-state index contributed by atoms with van der Waals surface area (Å²) in [6.07, 6.45) is 5.14. The Labute approximate surface area is 115 Å². The van der Waals surface area contributed by atoms with Crippen LogP contribution in [0.15, 0.2) is 5.38 Å². The molecule has 2 rings (SSSR count). The summed E-state index contributed by atoms with van der Waals surface area (Å²) in [7, 11) is 0. The van der Waals surface area contributed by atoms with Gasteiger partial charge < -0.3 is 5.32 Å². The van der Waals surface area contributed by atoms with E-state index in [4.69, 9.17) is 4.98 Å². The number of hydrogen-bond donors (Lipinski definition) is 1. The molecule has 1 N–H and O–H groups in total. The van der Waals surface area contributed by atoms with Crippen molar-refractivity contribution in [2.75, 3.05) is 6.54 Å². The third kappa shape index (κ3) is 3.79. The Morgan fingerprint density at radius 3 is 2.67 bits per heavy atom. The molecule has 3 heteroatoms. The summed E-state index contributed by atoms with van der Waals surface area (Å²) in [4.78, 5) is 4.82. The molecule has 0 spiro atoms. The van der Waals surface area contributed by atoms with E-state index in [1.807, 2.05) is 11.3 Å². The van der Waals surface area contributed by atoms with Crippen LogP contribution in [0.3, 0.4) is 0 Å². The zero-order valence-corrected chi connectivity index (χ0v) is 12.9. The van der Waals surface area contributed by atoms with Crippen molar-refractivity contribution in [2.24, 2.45) is 5.92 Å². The standard InChI is InChI=1S/C15H26N2S/c1-5-8-16-12(11-6-7-11)9-14-17-13(10-18-14)15(2,3)4/h10-12,16H,5-9H2,1-4H3. The lowest BCUT2D eigenvalue weighted by Gasteiger charge is -2.17. The van der Waals surface area contributed by atoms with Gasteiger partial charge in [0.1, 0.15) is 0 Å². The summed E-state index contributed by atoms with van der Waals surface area (Å²) < 4.78 is 0. The number of thiazole rings is 1. The molecule has 1 aromatic heterocycles. The van der Waals surface area contributed by atoms with Gasteiger partial charge in [-0.05, 0) is 31.7 Å². The van der Waals surface area contributed by atoms with E-state index < -0.39 is 0 Å². The van der Waals surface area contributed by atoms with E-state index in [0.29, 0.717) is 6.04 Å². The molecule has 1 unspecified atom stereocenters. The zero-order chi connectivity index (χ0) is 13.2. The maximum Gasteiger partial charge on any atom is 0.0944 e. The van der Waals surface area contributed by atoms with Crippen molar-refractivity contribution in [2.45, 2.75) is 64.8 Å². The molecule has 0 saturated heterocycles. The lowest BCUT2D eigenvalue weighted by Crippen LogP contribution is -2.33. The van der Waals surface area contributed by atoms with Crippen molar-refractivity contribution < 1.29 is 0 Å². The van der Waals surface area contributed by atoms with Crippen molar-refractivity contribution >= 4 is 11.3 Å². The summed E-state index contributed by atoms with van der Waals surface area (Å²) >= 11 is 1.83. The Balaban J connectivity index is 1.96. The number of nitrogens with one attached hydrogen (secondary N) is 1. The van der Waals surface area contributed by atoms with Gasteiger partial charge in [0.15, 0.2) is 0 Å². The van der Waals surface area contributed by atoms with Crippen LogP contribution in [0, 0.1) is 5.92 Å². The average Bonchev–Trinajstić information content (AvgIpc) is 3.02. The summed E-state index contributed by atoms with van der Waals surface area (Å²) in [5.41, 5.74) is 1.42. The Kier molecular flexibility index (Phi) is 4.44. The van der Waals surface area contributed by atoms with E-state index in [1.165, 1.54) is 30.0 Å². The van der Waals surface area contributed by atoms with Crippen LogP contribution < -0.4 is 5.32 Å². The van der Waals surface area contributed by atoms with Gasteiger partial charge in [-0.1, -0.05) is 27.7 Å². The SMILES string of the molecule is CCCNC(Cc1nc(C(C)(C)C)cs1)C1CC1. The van der Waals surface area contributed by atoms with E-state index >= 15 is 0 Å². The molecule has 1 aliphatic rings. The van der Waals surface area contributed by atoms with Gasteiger partial charge in [-0.3, -0.25) is 0 Å². The lowest BCUT2D eigenvalue weighted by molar-refractivity contribution is 0.458. The highest BCUT2D eigenvalue weighted by atomic mass is 32.1. The summed E-state index contributed by atoms with van der Waals surface area (Å²) in [5.74, 6) is 0.901. The fraction of sp³-hybridized carbons (Fsp3) is 0.800. The number of nitrogens with zero attached hydrogens (tertiary/aromatic N) is 1. The van der Waals surface area contributed by atoms with Crippen LogP contribution in [-0.4, -0.2) is 17.6 Å². The van der Waals surface area contributed by atoms with Crippen molar-refractivity contribution in [1.82, 2.24) is 10.3 Å². The van der Waals surface area contributed by atoms with Crippen LogP contribution >= 0.6 is 11.3 Å². The van der Waals surface area contributed by atoms with Gasteiger partial charge >= 0.3 is 0 Å². The maximum absolute atomic E-state index is 4.82. The van der Waals surface area contributed by atoms with Crippen LogP contribution in [0.25, 0.3) is 0 Å². The minimum Gasteiger partial charge on any atom is -0.313 e. The maximum atomic E-state index is 4.82. The molecule has 1 aliphatic carbocycles. The van der Waals surface area contributed by atoms with Crippen molar-refractivity contribution in [3.05, 3.63) is 16.1 Å². The second kappa shape index (κ2) is 5.70. The largest absolute Gasteiger partial charge is 0.313 e. The topological polar surface area (TPSA) is 24.9 Å². The van der Waals surface area contributed by atoms with Crippen LogP contribution in [0.1, 0.15) is 57.7 Å². The Morgan fingerprint density at radius 2 is 2.17 bits per heavy atom. The lowest BCUT2D eigenvalue weighted by atomic mass is 9.93. The molecule has 0 radical (unpaired) electrons. The highest BCUT2D eigenvalue weighted by Gasteiger charge is 2.31. The van der Waals surface area contributed by atoms with E-state index in [1.54, 1.807) is 0 Å². The van der Waals surface area contributed by atoms with E-state index in [-0.39, 0.29) is 5.41 Å². The third-order valence-corrected chi connectivity index (χ3v) is 4.43. The monoisotopic (exact) mass is 266 g/mol. The van der Waals surface area contributed by atoms with E-state index in [0.717, 1.165) is 18.9 Å². The van der Waals surface area contributed by atoms with Crippen molar-refractivity contribution in [1.29, 1.82) is 0 Å². The number of rotatable bonds is 6. The summed E-state index contributed by atoms with van der Waals surface area (Å²) in [6.45, 7) is 10.1. The molecule has 0 amide bonds. The first kappa shape index (κ1) is 14.0. The minimum absolute atomic E-state index is 0.181. The minimum atomic E-state index is 0.181. The molecule has 2 nitrogen and oxygen atoms in total. The average molecular weight is 266 g/mol. The van der Waals surface area contributed by atoms with Gasteiger partial charge in [0, 0.05) is 23.3 Å². The fourth-order valence-electron chi connectivity index (χ4n) is 2.17. The molecule has 18 heavy (non-hydrogen) atoms. The summed E-state index contributed by atoms with van der Waals surface area (Å²) in [6, 6.07) is 0.656. The quantitative estimate of drug-likeness (QED) is 0.848. The molecule has 1 atom stereocenters. The van der Waals surface area contributed by atoms with Crippen LogP contribution in [0.2, 0.25) is 0 Å². The first-order valence-electron chi connectivity index (χ1n) is 7.19. The van der Waals surface area contributed by atoms with Gasteiger partial charge in [-0.2, -0.15) is 0 Å². The molecule has 1 aromatic rings. The number of aromatic nitrogens is 1. The Morgan fingerprint density at radius 1 is 1.44 bits per heavy atom. The van der Waals surface area contributed by atoms with E-state index in [2.05, 4.69) is 38.4 Å². The van der Waals surface area contributed by atoms with Gasteiger partial charge in [0.05, 0.1) is 10.7 Å². The van der Waals surface area contributed by atoms with Crippen molar-refractivity contribution in [3.63, 3.8) is 0 Å².